The first-order chi connectivity index (χ1) is 14.3. The van der Waals surface area contributed by atoms with Gasteiger partial charge < -0.3 is 4.90 Å². The van der Waals surface area contributed by atoms with Gasteiger partial charge in [-0.15, -0.1) is 0 Å². The molecule has 0 radical (unpaired) electrons. The van der Waals surface area contributed by atoms with Crippen molar-refractivity contribution in [3.63, 3.8) is 0 Å². The maximum absolute atomic E-state index is 13.2. The number of carbonyl (C=O) groups is 1. The van der Waals surface area contributed by atoms with Crippen molar-refractivity contribution < 1.29 is 4.79 Å². The van der Waals surface area contributed by atoms with Gasteiger partial charge in [0.25, 0.3) is 0 Å². The van der Waals surface area contributed by atoms with Crippen LogP contribution in [-0.2, 0) is 4.79 Å². The lowest BCUT2D eigenvalue weighted by Gasteiger charge is -2.32. The molecular weight excluding hydrogens is 356 g/mol. The van der Waals surface area contributed by atoms with Crippen LogP contribution in [0.2, 0.25) is 0 Å². The number of hydrogen-bond donors (Lipinski definition) is 0. The van der Waals surface area contributed by atoms with Gasteiger partial charge in [-0.05, 0) is 61.7 Å². The molecule has 3 aromatic carbocycles. The van der Waals surface area contributed by atoms with E-state index in [0.29, 0.717) is 12.3 Å². The van der Waals surface area contributed by atoms with Gasteiger partial charge in [-0.3, -0.25) is 9.69 Å². The molecule has 29 heavy (non-hydrogen) atoms. The Morgan fingerprint density at radius 2 is 1.24 bits per heavy atom. The van der Waals surface area contributed by atoms with Crippen LogP contribution in [-0.4, -0.2) is 30.4 Å². The molecule has 1 amide bonds. The van der Waals surface area contributed by atoms with Gasteiger partial charge in [0, 0.05) is 24.3 Å². The summed E-state index contributed by atoms with van der Waals surface area (Å²) in [6.45, 7) is 2.93. The summed E-state index contributed by atoms with van der Waals surface area (Å²) in [5, 5.41) is 0. The van der Waals surface area contributed by atoms with E-state index in [-0.39, 0.29) is 5.91 Å². The summed E-state index contributed by atoms with van der Waals surface area (Å²) < 4.78 is 0. The molecule has 1 saturated heterocycles. The normalized spacial score (nSPS) is 15.2. The largest absolute Gasteiger partial charge is 0.303 e. The summed E-state index contributed by atoms with van der Waals surface area (Å²) in [6.07, 6.45) is 2.86. The van der Waals surface area contributed by atoms with Crippen molar-refractivity contribution in [1.29, 1.82) is 0 Å². The van der Waals surface area contributed by atoms with Crippen molar-refractivity contribution in [1.82, 2.24) is 4.90 Å². The van der Waals surface area contributed by atoms with Gasteiger partial charge >= 0.3 is 0 Å². The highest BCUT2D eigenvalue weighted by atomic mass is 16.2. The van der Waals surface area contributed by atoms with Gasteiger partial charge in [0.15, 0.2) is 0 Å². The highest BCUT2D eigenvalue weighted by Crippen LogP contribution is 2.29. The quantitative estimate of drug-likeness (QED) is 0.551. The summed E-state index contributed by atoms with van der Waals surface area (Å²) in [4.78, 5) is 17.5. The molecule has 0 bridgehead atoms. The zero-order valence-corrected chi connectivity index (χ0v) is 16.8. The van der Waals surface area contributed by atoms with Crippen LogP contribution < -0.4 is 4.90 Å². The van der Waals surface area contributed by atoms with Crippen molar-refractivity contribution in [2.45, 2.75) is 25.2 Å². The van der Waals surface area contributed by atoms with Crippen LogP contribution in [0, 0.1) is 0 Å². The van der Waals surface area contributed by atoms with E-state index < -0.39 is 0 Å². The maximum Gasteiger partial charge on any atom is 0.232 e. The van der Waals surface area contributed by atoms with Crippen molar-refractivity contribution in [3.05, 3.63) is 96.6 Å². The molecule has 0 aromatic heterocycles. The molecule has 4 rings (SSSR count). The molecule has 1 aliphatic heterocycles. The fraction of sp³-hybridized carbons (Fsp3) is 0.269. The molecule has 3 nitrogen and oxygen atoms in total. The minimum absolute atomic E-state index is 0.146. The smallest absolute Gasteiger partial charge is 0.232 e. The van der Waals surface area contributed by atoms with Gasteiger partial charge in [-0.2, -0.15) is 0 Å². The predicted molar refractivity (Wildman–Crippen MR) is 120 cm³/mol. The summed E-state index contributed by atoms with van der Waals surface area (Å²) in [7, 11) is 0. The minimum Gasteiger partial charge on any atom is -0.303 e. The second kappa shape index (κ2) is 9.53. The second-order valence-corrected chi connectivity index (χ2v) is 7.68. The number of anilines is 2. The summed E-state index contributed by atoms with van der Waals surface area (Å²) in [5.41, 5.74) is 3.29. The highest BCUT2D eigenvalue weighted by Gasteiger charge is 2.23. The number of piperidine rings is 1. The standard InChI is InChI=1S/C26H28N2O/c29-26(28(24-12-6-2-7-13-24)25-14-8-3-9-15-25)18-21-27-19-16-23(17-20-27)22-10-4-1-5-11-22/h1-15,23H,16-21H2. The summed E-state index contributed by atoms with van der Waals surface area (Å²) in [5.74, 6) is 0.792. The third kappa shape index (κ3) is 4.93. The van der Waals surface area contributed by atoms with Crippen LogP contribution >= 0.6 is 0 Å². The molecule has 0 N–H and O–H groups in total. The molecule has 0 saturated carbocycles. The Hall–Kier alpha value is -2.91. The maximum atomic E-state index is 13.2. The fourth-order valence-electron chi connectivity index (χ4n) is 4.17. The Morgan fingerprint density at radius 3 is 1.76 bits per heavy atom. The van der Waals surface area contributed by atoms with E-state index in [1.807, 2.05) is 65.6 Å². The SMILES string of the molecule is O=C(CCN1CCC(c2ccccc2)CC1)N(c1ccccc1)c1ccccc1. The van der Waals surface area contributed by atoms with E-state index in [9.17, 15) is 4.79 Å². The van der Waals surface area contributed by atoms with E-state index >= 15 is 0 Å². The monoisotopic (exact) mass is 384 g/mol. The van der Waals surface area contributed by atoms with Gasteiger partial charge in [0.2, 0.25) is 5.91 Å². The van der Waals surface area contributed by atoms with Gasteiger partial charge in [-0.25, -0.2) is 0 Å². The second-order valence-electron chi connectivity index (χ2n) is 7.68. The Morgan fingerprint density at radius 1 is 0.759 bits per heavy atom. The molecule has 1 heterocycles. The first kappa shape index (κ1) is 19.4. The molecule has 0 spiro atoms. The molecule has 0 unspecified atom stereocenters. The van der Waals surface area contributed by atoms with E-state index in [1.165, 1.54) is 18.4 Å². The molecule has 0 atom stereocenters. The average molecular weight is 385 g/mol. The Kier molecular flexibility index (Phi) is 6.38. The summed E-state index contributed by atoms with van der Waals surface area (Å²) in [6, 6.07) is 30.7. The molecule has 3 heteroatoms. The molecule has 1 fully saturated rings. The van der Waals surface area contributed by atoms with Crippen molar-refractivity contribution in [3.8, 4) is 0 Å². The van der Waals surface area contributed by atoms with Gasteiger partial charge in [0.1, 0.15) is 0 Å². The lowest BCUT2D eigenvalue weighted by molar-refractivity contribution is -0.118. The van der Waals surface area contributed by atoms with Gasteiger partial charge in [-0.1, -0.05) is 66.7 Å². The first-order valence-corrected chi connectivity index (χ1v) is 10.5. The van der Waals surface area contributed by atoms with Crippen molar-refractivity contribution >= 4 is 17.3 Å². The third-order valence-corrected chi connectivity index (χ3v) is 5.78. The topological polar surface area (TPSA) is 23.6 Å². The zero-order valence-electron chi connectivity index (χ0n) is 16.8. The Labute approximate surface area is 173 Å². The number of carbonyl (C=O) groups excluding carboxylic acids is 1. The van der Waals surface area contributed by atoms with Crippen molar-refractivity contribution in [2.75, 3.05) is 24.5 Å². The van der Waals surface area contributed by atoms with Gasteiger partial charge in [0.05, 0.1) is 0 Å². The zero-order chi connectivity index (χ0) is 19.9. The van der Waals surface area contributed by atoms with Crippen LogP contribution in [0.4, 0.5) is 11.4 Å². The molecule has 3 aromatic rings. The molecule has 1 aliphatic rings. The molecule has 0 aliphatic carbocycles. The minimum atomic E-state index is 0.146. The number of likely N-dealkylation sites (tertiary alicyclic amines) is 1. The fourth-order valence-corrected chi connectivity index (χ4v) is 4.17. The molecular formula is C26H28N2O. The highest BCUT2D eigenvalue weighted by molar-refractivity contribution is 6.00. The average Bonchev–Trinajstić information content (AvgIpc) is 2.80. The number of para-hydroxylation sites is 2. The van der Waals surface area contributed by atoms with E-state index in [2.05, 4.69) is 35.2 Å². The van der Waals surface area contributed by atoms with E-state index in [4.69, 9.17) is 0 Å². The Bertz CT molecular complexity index is 848. The number of rotatable bonds is 6. The van der Waals surface area contributed by atoms with Crippen LogP contribution in [0.1, 0.15) is 30.7 Å². The number of nitrogens with zero attached hydrogens (tertiary/aromatic N) is 2. The van der Waals surface area contributed by atoms with Crippen LogP contribution in [0.5, 0.6) is 0 Å². The number of amides is 1. The Balaban J connectivity index is 1.37. The van der Waals surface area contributed by atoms with Crippen LogP contribution in [0.3, 0.4) is 0 Å². The lowest BCUT2D eigenvalue weighted by atomic mass is 9.89. The van der Waals surface area contributed by atoms with Crippen LogP contribution in [0.15, 0.2) is 91.0 Å². The first-order valence-electron chi connectivity index (χ1n) is 10.5. The molecule has 148 valence electrons. The predicted octanol–water partition coefficient (Wildman–Crippen LogP) is 5.62. The number of hydrogen-bond acceptors (Lipinski definition) is 2. The lowest BCUT2D eigenvalue weighted by Crippen LogP contribution is -2.36. The van der Waals surface area contributed by atoms with Crippen LogP contribution in [0.25, 0.3) is 0 Å². The summed E-state index contributed by atoms with van der Waals surface area (Å²) >= 11 is 0. The number of benzene rings is 3. The van der Waals surface area contributed by atoms with Crippen molar-refractivity contribution in [2.24, 2.45) is 0 Å². The van der Waals surface area contributed by atoms with E-state index in [0.717, 1.165) is 31.0 Å². The van der Waals surface area contributed by atoms with E-state index in [1.54, 1.807) is 0 Å². The third-order valence-electron chi connectivity index (χ3n) is 5.78.